The third-order valence-corrected chi connectivity index (χ3v) is 6.47. The smallest absolute Gasteiger partial charge is 0.124 e. The van der Waals surface area contributed by atoms with Gasteiger partial charge >= 0.3 is 0 Å². The normalized spacial score (nSPS) is 11.6. The fourth-order valence-electron chi connectivity index (χ4n) is 4.62. The molecule has 0 spiro atoms. The van der Waals surface area contributed by atoms with Crippen LogP contribution in [0, 0.1) is 0 Å². The number of hydrogen-bond acceptors (Lipinski definition) is 6. The van der Waals surface area contributed by atoms with Crippen molar-refractivity contribution >= 4 is 38.3 Å². The largest absolute Gasteiger partial charge is 0.507 e. The van der Waals surface area contributed by atoms with E-state index in [1.54, 1.807) is 12.4 Å². The van der Waals surface area contributed by atoms with E-state index in [9.17, 15) is 5.11 Å². The Hall–Kier alpha value is -2.22. The van der Waals surface area contributed by atoms with Crippen LogP contribution in [0.4, 0.5) is 11.4 Å². The van der Waals surface area contributed by atoms with Gasteiger partial charge in [0.25, 0.3) is 0 Å². The Morgan fingerprint density at radius 2 is 1.37 bits per heavy atom. The first kappa shape index (κ1) is 27.4. The summed E-state index contributed by atoms with van der Waals surface area (Å²) in [5.41, 5.74) is 5.46. The third kappa shape index (κ3) is 7.63. The van der Waals surface area contributed by atoms with E-state index in [1.165, 1.54) is 0 Å². The molecule has 0 aliphatic carbocycles. The second-order valence-electron chi connectivity index (χ2n) is 9.20. The Kier molecular flexibility index (Phi) is 10.8. The van der Waals surface area contributed by atoms with Gasteiger partial charge in [-0.1, -0.05) is 27.7 Å². The molecular formula is C28H40BrN5O. The molecule has 6 nitrogen and oxygen atoms in total. The number of halogens is 1. The van der Waals surface area contributed by atoms with Crippen molar-refractivity contribution in [3.63, 3.8) is 0 Å². The highest BCUT2D eigenvalue weighted by molar-refractivity contribution is 9.10. The number of fused-ring (bicyclic) bond motifs is 1. The lowest BCUT2D eigenvalue weighted by Crippen LogP contribution is -2.26. The highest BCUT2D eigenvalue weighted by Gasteiger charge is 2.16. The Labute approximate surface area is 218 Å². The summed E-state index contributed by atoms with van der Waals surface area (Å²) in [4.78, 5) is 13.9. The van der Waals surface area contributed by atoms with Crippen molar-refractivity contribution in [2.24, 2.45) is 0 Å². The minimum atomic E-state index is 0.423. The molecule has 0 amide bonds. The van der Waals surface area contributed by atoms with Gasteiger partial charge < -0.3 is 10.4 Å². The number of nitrogens with one attached hydrogen (secondary N) is 1. The van der Waals surface area contributed by atoms with Gasteiger partial charge in [-0.2, -0.15) is 0 Å². The summed E-state index contributed by atoms with van der Waals surface area (Å²) in [5, 5.41) is 14.9. The maximum Gasteiger partial charge on any atom is 0.124 e. The number of rotatable bonds is 14. The molecule has 0 unspecified atom stereocenters. The van der Waals surface area contributed by atoms with Crippen LogP contribution in [0.1, 0.15) is 64.5 Å². The van der Waals surface area contributed by atoms with Crippen LogP contribution >= 0.6 is 15.9 Å². The minimum absolute atomic E-state index is 0.423. The van der Waals surface area contributed by atoms with E-state index in [-0.39, 0.29) is 0 Å². The fourth-order valence-corrected chi connectivity index (χ4v) is 4.94. The topological polar surface area (TPSA) is 64.5 Å². The fraction of sp³-hybridized carbons (Fsp3) is 0.500. The molecule has 3 aromatic rings. The number of aromatic nitrogens is 2. The summed E-state index contributed by atoms with van der Waals surface area (Å²) >= 11 is 3.49. The molecule has 35 heavy (non-hydrogen) atoms. The lowest BCUT2D eigenvalue weighted by atomic mass is 10.0. The first-order chi connectivity index (χ1) is 17.0. The summed E-state index contributed by atoms with van der Waals surface area (Å²) in [6.45, 7) is 14.4. The molecule has 1 aromatic carbocycles. The average molecular weight is 543 g/mol. The number of pyridine rings is 2. The average Bonchev–Trinajstić information content (AvgIpc) is 2.82. The SMILES string of the molecule is CCCN(CCC)Cc1cc(Nc2ccnc3cc(Br)cnc23)cc(CN(CCC)CCC)c1O. The zero-order valence-corrected chi connectivity index (χ0v) is 23.2. The number of phenolic OH excluding ortho intramolecular Hbond substituents is 1. The molecular weight excluding hydrogens is 502 g/mol. The van der Waals surface area contributed by atoms with Gasteiger partial charge in [-0.3, -0.25) is 19.8 Å². The van der Waals surface area contributed by atoms with Crippen molar-refractivity contribution in [1.82, 2.24) is 19.8 Å². The summed E-state index contributed by atoms with van der Waals surface area (Å²) in [6.07, 6.45) is 7.97. The van der Waals surface area contributed by atoms with Crippen molar-refractivity contribution in [2.75, 3.05) is 31.5 Å². The Morgan fingerprint density at radius 1 is 0.829 bits per heavy atom. The van der Waals surface area contributed by atoms with Gasteiger partial charge in [0.2, 0.25) is 0 Å². The van der Waals surface area contributed by atoms with Gasteiger partial charge in [0.1, 0.15) is 11.3 Å². The molecule has 0 aliphatic rings. The van der Waals surface area contributed by atoms with Gasteiger partial charge in [-0.25, -0.2) is 0 Å². The second kappa shape index (κ2) is 13.8. The summed E-state index contributed by atoms with van der Waals surface area (Å²) in [6, 6.07) is 8.11. The second-order valence-corrected chi connectivity index (χ2v) is 10.1. The molecule has 7 heteroatoms. The molecule has 0 bridgehead atoms. The molecule has 0 atom stereocenters. The number of nitrogens with zero attached hydrogens (tertiary/aromatic N) is 4. The Balaban J connectivity index is 2.01. The summed E-state index contributed by atoms with van der Waals surface area (Å²) < 4.78 is 0.905. The minimum Gasteiger partial charge on any atom is -0.507 e. The predicted molar refractivity (Wildman–Crippen MR) is 150 cm³/mol. The zero-order chi connectivity index (χ0) is 25.2. The number of anilines is 2. The van der Waals surface area contributed by atoms with Gasteiger partial charge in [0.15, 0.2) is 0 Å². The van der Waals surface area contributed by atoms with E-state index in [0.717, 1.165) is 103 Å². The molecule has 2 N–H and O–H groups in total. The summed E-state index contributed by atoms with van der Waals surface area (Å²) in [7, 11) is 0. The molecule has 0 radical (unpaired) electrons. The number of phenols is 1. The van der Waals surface area contributed by atoms with Crippen LogP contribution in [-0.2, 0) is 13.1 Å². The van der Waals surface area contributed by atoms with Crippen molar-refractivity contribution in [1.29, 1.82) is 0 Å². The van der Waals surface area contributed by atoms with E-state index in [1.807, 2.05) is 12.1 Å². The molecule has 190 valence electrons. The highest BCUT2D eigenvalue weighted by atomic mass is 79.9. The quantitative estimate of drug-likeness (QED) is 0.212. The van der Waals surface area contributed by atoms with Crippen molar-refractivity contribution in [3.05, 3.63) is 52.3 Å². The lowest BCUT2D eigenvalue weighted by Gasteiger charge is -2.25. The van der Waals surface area contributed by atoms with Crippen molar-refractivity contribution in [3.8, 4) is 5.75 Å². The molecule has 0 fully saturated rings. The standard InChI is InChI=1S/C28H40BrN5O/c1-5-11-33(12-6-2)19-21-15-24(16-22(28(21)35)20-34(13-7-3)14-8-4)32-25-9-10-30-26-17-23(29)18-31-27(25)26/h9-10,15-18,35H,5-8,11-14,19-20H2,1-4H3,(H,30,32). The van der Waals surface area contributed by atoms with E-state index >= 15 is 0 Å². The van der Waals surface area contributed by atoms with E-state index < -0.39 is 0 Å². The van der Waals surface area contributed by atoms with Crippen LogP contribution in [0.3, 0.4) is 0 Å². The first-order valence-electron chi connectivity index (χ1n) is 13.0. The molecule has 0 saturated heterocycles. The Morgan fingerprint density at radius 3 is 1.89 bits per heavy atom. The number of hydrogen-bond donors (Lipinski definition) is 2. The highest BCUT2D eigenvalue weighted by Crippen LogP contribution is 2.33. The monoisotopic (exact) mass is 541 g/mol. The zero-order valence-electron chi connectivity index (χ0n) is 21.6. The van der Waals surface area contributed by atoms with Gasteiger partial charge in [-0.05, 0) is 92.1 Å². The summed E-state index contributed by atoms with van der Waals surface area (Å²) in [5.74, 6) is 0.423. The predicted octanol–water partition coefficient (Wildman–Crippen LogP) is 7.09. The molecule has 0 aliphatic heterocycles. The van der Waals surface area contributed by atoms with Gasteiger partial charge in [0.05, 0.1) is 11.2 Å². The van der Waals surface area contributed by atoms with Crippen LogP contribution < -0.4 is 5.32 Å². The first-order valence-corrected chi connectivity index (χ1v) is 13.7. The van der Waals surface area contributed by atoms with Gasteiger partial charge in [0, 0.05) is 46.8 Å². The maximum atomic E-state index is 11.3. The van der Waals surface area contributed by atoms with Crippen LogP contribution in [0.5, 0.6) is 5.75 Å². The van der Waals surface area contributed by atoms with Crippen LogP contribution in [0.2, 0.25) is 0 Å². The Bertz CT molecular complexity index is 1040. The van der Waals surface area contributed by atoms with Crippen molar-refractivity contribution in [2.45, 2.75) is 66.5 Å². The van der Waals surface area contributed by atoms with E-state index in [0.29, 0.717) is 5.75 Å². The molecule has 3 rings (SSSR count). The molecule has 2 heterocycles. The van der Waals surface area contributed by atoms with Crippen LogP contribution in [-0.4, -0.2) is 51.1 Å². The van der Waals surface area contributed by atoms with E-state index in [4.69, 9.17) is 0 Å². The number of benzene rings is 1. The maximum absolute atomic E-state index is 11.3. The number of aromatic hydroxyl groups is 1. The van der Waals surface area contributed by atoms with Crippen LogP contribution in [0.25, 0.3) is 11.0 Å². The molecule has 2 aromatic heterocycles. The van der Waals surface area contributed by atoms with E-state index in [2.05, 4.69) is 80.8 Å². The molecule has 0 saturated carbocycles. The van der Waals surface area contributed by atoms with Gasteiger partial charge in [-0.15, -0.1) is 0 Å². The van der Waals surface area contributed by atoms with Crippen LogP contribution in [0.15, 0.2) is 41.1 Å². The lowest BCUT2D eigenvalue weighted by molar-refractivity contribution is 0.255. The third-order valence-electron chi connectivity index (χ3n) is 6.04. The van der Waals surface area contributed by atoms with Crippen molar-refractivity contribution < 1.29 is 5.11 Å².